The van der Waals surface area contributed by atoms with Crippen molar-refractivity contribution < 1.29 is 28.7 Å². The van der Waals surface area contributed by atoms with Crippen LogP contribution >= 0.6 is 23.2 Å². The molecule has 2 aromatic rings. The van der Waals surface area contributed by atoms with Gasteiger partial charge in [-0.15, -0.1) is 0 Å². The zero-order chi connectivity index (χ0) is 23.7. The SMILES string of the molecule is CC(OC(=O)c1ccc2c(c1)C(=O)N(CC1CCCO1)C2=O)C(=O)Nc1ccc(Cl)cc1Cl. The minimum Gasteiger partial charge on any atom is -0.449 e. The van der Waals surface area contributed by atoms with Gasteiger partial charge in [-0.1, -0.05) is 23.2 Å². The number of hydrogen-bond acceptors (Lipinski definition) is 6. The molecule has 2 aliphatic heterocycles. The summed E-state index contributed by atoms with van der Waals surface area (Å²) in [5, 5.41) is 3.22. The Balaban J connectivity index is 1.42. The lowest BCUT2D eigenvalue weighted by Crippen LogP contribution is -2.36. The van der Waals surface area contributed by atoms with Crippen molar-refractivity contribution in [1.29, 1.82) is 0 Å². The number of benzene rings is 2. The summed E-state index contributed by atoms with van der Waals surface area (Å²) in [4.78, 5) is 51.5. The number of hydrogen-bond donors (Lipinski definition) is 1. The van der Waals surface area contributed by atoms with Crippen molar-refractivity contribution in [3.63, 3.8) is 0 Å². The molecule has 0 aromatic heterocycles. The van der Waals surface area contributed by atoms with E-state index in [4.69, 9.17) is 32.7 Å². The molecule has 0 radical (unpaired) electrons. The van der Waals surface area contributed by atoms with Crippen LogP contribution in [0.3, 0.4) is 0 Å². The van der Waals surface area contributed by atoms with Crippen LogP contribution < -0.4 is 5.32 Å². The lowest BCUT2D eigenvalue weighted by Gasteiger charge is -2.17. The minimum atomic E-state index is -1.15. The van der Waals surface area contributed by atoms with E-state index in [1.54, 1.807) is 6.07 Å². The van der Waals surface area contributed by atoms with Gasteiger partial charge in [-0.3, -0.25) is 19.3 Å². The highest BCUT2D eigenvalue weighted by Crippen LogP contribution is 2.27. The molecular formula is C23H20Cl2N2O6. The van der Waals surface area contributed by atoms with E-state index in [-0.39, 0.29) is 34.4 Å². The highest BCUT2D eigenvalue weighted by molar-refractivity contribution is 6.36. The van der Waals surface area contributed by atoms with E-state index in [9.17, 15) is 19.2 Å². The molecule has 1 saturated heterocycles. The van der Waals surface area contributed by atoms with Crippen molar-refractivity contribution in [3.8, 4) is 0 Å². The molecule has 0 bridgehead atoms. The third kappa shape index (κ3) is 4.88. The molecular weight excluding hydrogens is 471 g/mol. The van der Waals surface area contributed by atoms with Crippen LogP contribution in [0.5, 0.6) is 0 Å². The third-order valence-corrected chi connectivity index (χ3v) is 6.01. The summed E-state index contributed by atoms with van der Waals surface area (Å²) in [5.74, 6) is -2.30. The van der Waals surface area contributed by atoms with E-state index < -0.39 is 29.8 Å². The maximum absolute atomic E-state index is 12.8. The Morgan fingerprint density at radius 2 is 1.91 bits per heavy atom. The number of ether oxygens (including phenoxy) is 2. The number of amides is 3. The predicted molar refractivity (Wildman–Crippen MR) is 121 cm³/mol. The maximum atomic E-state index is 12.8. The van der Waals surface area contributed by atoms with Crippen LogP contribution in [0.15, 0.2) is 36.4 Å². The zero-order valence-electron chi connectivity index (χ0n) is 17.6. The molecule has 172 valence electrons. The summed E-state index contributed by atoms with van der Waals surface area (Å²) in [5.41, 5.74) is 0.718. The smallest absolute Gasteiger partial charge is 0.338 e. The van der Waals surface area contributed by atoms with Gasteiger partial charge in [-0.05, 0) is 56.2 Å². The van der Waals surface area contributed by atoms with Gasteiger partial charge in [-0.25, -0.2) is 4.79 Å². The Morgan fingerprint density at radius 3 is 2.61 bits per heavy atom. The van der Waals surface area contributed by atoms with Gasteiger partial charge >= 0.3 is 5.97 Å². The first-order valence-electron chi connectivity index (χ1n) is 10.3. The van der Waals surface area contributed by atoms with Gasteiger partial charge in [0.2, 0.25) is 0 Å². The first-order chi connectivity index (χ1) is 15.7. The van der Waals surface area contributed by atoms with Gasteiger partial charge in [0.05, 0.1) is 40.0 Å². The van der Waals surface area contributed by atoms with Gasteiger partial charge in [0.15, 0.2) is 6.10 Å². The van der Waals surface area contributed by atoms with Gasteiger partial charge in [0, 0.05) is 11.6 Å². The second kappa shape index (κ2) is 9.51. The average molecular weight is 491 g/mol. The number of rotatable bonds is 6. The Labute approximate surface area is 199 Å². The molecule has 0 saturated carbocycles. The molecule has 4 rings (SSSR count). The lowest BCUT2D eigenvalue weighted by molar-refractivity contribution is -0.123. The van der Waals surface area contributed by atoms with Crippen LogP contribution in [-0.4, -0.2) is 54.0 Å². The molecule has 2 atom stereocenters. The fourth-order valence-electron chi connectivity index (χ4n) is 3.68. The highest BCUT2D eigenvalue weighted by atomic mass is 35.5. The summed E-state index contributed by atoms with van der Waals surface area (Å²) in [7, 11) is 0. The zero-order valence-corrected chi connectivity index (χ0v) is 19.1. The van der Waals surface area contributed by atoms with E-state index in [2.05, 4.69) is 5.32 Å². The van der Waals surface area contributed by atoms with E-state index in [1.807, 2.05) is 0 Å². The number of imide groups is 1. The van der Waals surface area contributed by atoms with Crippen LogP contribution in [0.2, 0.25) is 10.0 Å². The second-order valence-corrected chi connectivity index (χ2v) is 8.62. The topological polar surface area (TPSA) is 102 Å². The molecule has 0 aliphatic carbocycles. The number of esters is 1. The highest BCUT2D eigenvalue weighted by Gasteiger charge is 2.38. The number of nitrogens with zero attached hydrogens (tertiary/aromatic N) is 1. The number of carbonyl (C=O) groups excluding carboxylic acids is 4. The predicted octanol–water partition coefficient (Wildman–Crippen LogP) is 3.95. The van der Waals surface area contributed by atoms with Crippen LogP contribution in [0, 0.1) is 0 Å². The first kappa shape index (κ1) is 23.2. The molecule has 1 fully saturated rings. The number of anilines is 1. The fourth-order valence-corrected chi connectivity index (χ4v) is 4.14. The van der Waals surface area contributed by atoms with Gasteiger partial charge in [0.1, 0.15) is 0 Å². The summed E-state index contributed by atoms with van der Waals surface area (Å²) < 4.78 is 10.8. The van der Waals surface area contributed by atoms with E-state index in [0.717, 1.165) is 17.7 Å². The molecule has 10 heteroatoms. The van der Waals surface area contributed by atoms with Crippen molar-refractivity contribution in [2.45, 2.75) is 32.0 Å². The van der Waals surface area contributed by atoms with Crippen molar-refractivity contribution in [3.05, 3.63) is 63.1 Å². The molecule has 8 nitrogen and oxygen atoms in total. The number of halogens is 2. The van der Waals surface area contributed by atoms with Crippen molar-refractivity contribution in [1.82, 2.24) is 4.90 Å². The second-order valence-electron chi connectivity index (χ2n) is 7.78. The van der Waals surface area contributed by atoms with Crippen molar-refractivity contribution >= 4 is 52.6 Å². The number of fused-ring (bicyclic) bond motifs is 1. The molecule has 0 spiro atoms. The van der Waals surface area contributed by atoms with Gasteiger partial charge in [-0.2, -0.15) is 0 Å². The molecule has 2 aromatic carbocycles. The van der Waals surface area contributed by atoms with Crippen LogP contribution in [0.4, 0.5) is 5.69 Å². The summed E-state index contributed by atoms with van der Waals surface area (Å²) >= 11 is 11.9. The molecule has 2 heterocycles. The number of carbonyl (C=O) groups is 4. The van der Waals surface area contributed by atoms with Crippen LogP contribution in [0.1, 0.15) is 50.8 Å². The maximum Gasteiger partial charge on any atom is 0.338 e. The lowest BCUT2D eigenvalue weighted by atomic mass is 10.1. The van der Waals surface area contributed by atoms with Gasteiger partial charge in [0.25, 0.3) is 17.7 Å². The molecule has 2 aliphatic rings. The normalized spacial score (nSPS) is 18.3. The van der Waals surface area contributed by atoms with Crippen LogP contribution in [-0.2, 0) is 14.3 Å². The minimum absolute atomic E-state index is 0.0537. The molecule has 33 heavy (non-hydrogen) atoms. The first-order valence-corrected chi connectivity index (χ1v) is 11.1. The Hall–Kier alpha value is -2.94. The summed E-state index contributed by atoms with van der Waals surface area (Å²) in [6.07, 6.45) is 0.349. The Morgan fingerprint density at radius 1 is 1.15 bits per heavy atom. The van der Waals surface area contributed by atoms with E-state index in [1.165, 1.54) is 37.3 Å². The third-order valence-electron chi connectivity index (χ3n) is 5.46. The molecule has 1 N–H and O–H groups in total. The monoisotopic (exact) mass is 490 g/mol. The van der Waals surface area contributed by atoms with Crippen molar-refractivity contribution in [2.24, 2.45) is 0 Å². The van der Waals surface area contributed by atoms with Crippen LogP contribution in [0.25, 0.3) is 0 Å². The number of nitrogens with one attached hydrogen (secondary N) is 1. The Bertz CT molecular complexity index is 1150. The summed E-state index contributed by atoms with van der Waals surface area (Å²) in [6.45, 7) is 2.19. The van der Waals surface area contributed by atoms with E-state index in [0.29, 0.717) is 17.3 Å². The molecule has 2 unspecified atom stereocenters. The molecule has 3 amide bonds. The standard InChI is InChI=1S/C23H20Cl2N2O6/c1-12(20(28)26-19-7-5-14(24)10-18(19)25)33-23(31)13-4-6-16-17(9-13)22(30)27(21(16)29)11-15-3-2-8-32-15/h4-7,9-10,12,15H,2-3,8,11H2,1H3,(H,26,28). The Kier molecular flexibility index (Phi) is 6.69. The summed E-state index contributed by atoms with van der Waals surface area (Å²) in [6, 6.07) is 8.68. The van der Waals surface area contributed by atoms with E-state index >= 15 is 0 Å². The largest absolute Gasteiger partial charge is 0.449 e. The fraction of sp³-hybridized carbons (Fsp3) is 0.304. The van der Waals surface area contributed by atoms with Gasteiger partial charge < -0.3 is 14.8 Å². The van der Waals surface area contributed by atoms with Crippen molar-refractivity contribution in [2.75, 3.05) is 18.5 Å². The quantitative estimate of drug-likeness (QED) is 0.485. The average Bonchev–Trinajstić information content (AvgIpc) is 3.38.